The van der Waals surface area contributed by atoms with Crippen molar-refractivity contribution in [3.05, 3.63) is 58.2 Å². The smallest absolute Gasteiger partial charge is 0.200 e. The molecular weight excluding hydrogens is 293 g/mol. The molecule has 0 bridgehead atoms. The molecule has 109 valence electrons. The molecule has 0 nitrogen and oxygen atoms in total. The highest BCUT2D eigenvalue weighted by molar-refractivity contribution is 6.68. The molecule has 0 N–H and O–H groups in total. The van der Waals surface area contributed by atoms with Crippen molar-refractivity contribution in [1.82, 2.24) is 0 Å². The Morgan fingerprint density at radius 1 is 0.714 bits per heavy atom. The van der Waals surface area contributed by atoms with Gasteiger partial charge in [-0.1, -0.05) is 5.46 Å². The van der Waals surface area contributed by atoms with Crippen LogP contribution in [0.1, 0.15) is 11.1 Å². The molecule has 0 aliphatic heterocycles. The van der Waals surface area contributed by atoms with E-state index >= 15 is 0 Å². The van der Waals surface area contributed by atoms with E-state index in [0.717, 1.165) is 13.0 Å². The van der Waals surface area contributed by atoms with E-state index in [9.17, 15) is 26.3 Å². The van der Waals surface area contributed by atoms with Crippen LogP contribution in [-0.4, -0.2) is 7.28 Å². The molecule has 0 aromatic heterocycles. The van der Waals surface area contributed by atoms with Crippen LogP contribution < -0.4 is 10.9 Å². The molecule has 0 atom stereocenters. The van der Waals surface area contributed by atoms with Crippen molar-refractivity contribution < 1.29 is 26.3 Å². The zero-order valence-electron chi connectivity index (χ0n) is 11.0. The molecule has 0 aliphatic rings. The lowest BCUT2D eigenvalue weighted by molar-refractivity contribution is 0.454. The van der Waals surface area contributed by atoms with E-state index in [1.165, 1.54) is 6.92 Å². The van der Waals surface area contributed by atoms with Gasteiger partial charge in [0.1, 0.15) is 11.6 Å². The first-order chi connectivity index (χ1) is 9.73. The molecule has 0 heterocycles. The quantitative estimate of drug-likeness (QED) is 0.454. The Hall–Kier alpha value is -1.92. The van der Waals surface area contributed by atoms with Crippen molar-refractivity contribution in [3.8, 4) is 0 Å². The van der Waals surface area contributed by atoms with Crippen LogP contribution in [-0.2, 0) is 0 Å². The van der Waals surface area contributed by atoms with Crippen LogP contribution in [0.4, 0.5) is 26.3 Å². The van der Waals surface area contributed by atoms with E-state index < -0.39 is 45.9 Å². The Morgan fingerprint density at radius 2 is 1.24 bits per heavy atom. The highest BCUT2D eigenvalue weighted by Gasteiger charge is 2.24. The lowest BCUT2D eigenvalue weighted by Crippen LogP contribution is -2.36. The summed E-state index contributed by atoms with van der Waals surface area (Å²) in [6.45, 7) is 2.13. The maximum atomic E-state index is 13.7. The van der Waals surface area contributed by atoms with Gasteiger partial charge in [-0.3, -0.25) is 0 Å². The highest BCUT2D eigenvalue weighted by atomic mass is 19.2. The largest absolute Gasteiger partial charge is 0.207 e. The summed E-state index contributed by atoms with van der Waals surface area (Å²) in [6.07, 6.45) is 0. The van der Waals surface area contributed by atoms with Crippen LogP contribution in [0, 0.1) is 48.8 Å². The normalized spacial score (nSPS) is 10.9. The van der Waals surface area contributed by atoms with Crippen LogP contribution in [0.15, 0.2) is 12.1 Å². The molecule has 1 radical (unpaired) electrons. The fourth-order valence-electron chi connectivity index (χ4n) is 1.86. The predicted molar refractivity (Wildman–Crippen MR) is 67.1 cm³/mol. The van der Waals surface area contributed by atoms with E-state index in [0.29, 0.717) is 13.3 Å². The first kappa shape index (κ1) is 15.5. The van der Waals surface area contributed by atoms with Gasteiger partial charge in [0.05, 0.1) is 0 Å². The lowest BCUT2D eigenvalue weighted by Gasteiger charge is -2.11. The van der Waals surface area contributed by atoms with Crippen LogP contribution in [0.2, 0.25) is 0 Å². The first-order valence-corrected chi connectivity index (χ1v) is 5.87. The van der Waals surface area contributed by atoms with Crippen molar-refractivity contribution in [3.63, 3.8) is 0 Å². The summed E-state index contributed by atoms with van der Waals surface area (Å²) in [5.74, 6) is -8.23. The minimum Gasteiger partial charge on any atom is -0.207 e. The second kappa shape index (κ2) is 5.46. The van der Waals surface area contributed by atoms with E-state index in [-0.39, 0.29) is 11.0 Å². The Labute approximate surface area is 117 Å². The Balaban J connectivity index is 2.60. The number of hydrogen-bond donors (Lipinski definition) is 0. The van der Waals surface area contributed by atoms with Crippen LogP contribution >= 0.6 is 0 Å². The van der Waals surface area contributed by atoms with Gasteiger partial charge in [0.2, 0.25) is 0 Å². The van der Waals surface area contributed by atoms with Gasteiger partial charge in [-0.2, -0.15) is 0 Å². The van der Waals surface area contributed by atoms with E-state index in [4.69, 9.17) is 0 Å². The number of hydrogen-bond acceptors (Lipinski definition) is 0. The van der Waals surface area contributed by atoms with E-state index in [1.807, 2.05) is 0 Å². The lowest BCUT2D eigenvalue weighted by atomic mass is 9.61. The molecule has 0 spiro atoms. The Bertz CT molecular complexity index is 697. The average molecular weight is 301 g/mol. The van der Waals surface area contributed by atoms with Crippen LogP contribution in [0.25, 0.3) is 0 Å². The topological polar surface area (TPSA) is 0 Å². The van der Waals surface area contributed by atoms with Crippen LogP contribution in [0.3, 0.4) is 0 Å². The number of rotatable bonds is 2. The summed E-state index contributed by atoms with van der Waals surface area (Å²) in [5.41, 5.74) is -2.14. The summed E-state index contributed by atoms with van der Waals surface area (Å²) in [4.78, 5) is 0. The maximum absolute atomic E-state index is 13.7. The molecule has 2 rings (SSSR count). The van der Waals surface area contributed by atoms with Crippen molar-refractivity contribution in [2.24, 2.45) is 0 Å². The third-order valence-corrected chi connectivity index (χ3v) is 3.17. The molecule has 2 aromatic carbocycles. The highest BCUT2D eigenvalue weighted by Crippen LogP contribution is 2.16. The second-order valence-electron chi connectivity index (χ2n) is 4.54. The summed E-state index contributed by atoms with van der Waals surface area (Å²) in [6, 6.07) is 1.41. The van der Waals surface area contributed by atoms with E-state index in [1.54, 1.807) is 0 Å². The van der Waals surface area contributed by atoms with Crippen molar-refractivity contribution in [2.75, 3.05) is 0 Å². The molecule has 0 fully saturated rings. The standard InChI is InChI=1S/C14H8BF6/c1-5-8(3-7(16)4-9(5)17)15-10-13(20)11(18)6(2)12(19)14(10)21/h3-4H,1-2H3. The van der Waals surface area contributed by atoms with Crippen molar-refractivity contribution >= 4 is 18.2 Å². The van der Waals surface area contributed by atoms with Gasteiger partial charge in [-0.05, 0) is 30.9 Å². The third kappa shape index (κ3) is 2.64. The average Bonchev–Trinajstić information content (AvgIpc) is 2.44. The SMILES string of the molecule is Cc1c(F)cc(F)cc1[B]c1c(F)c(F)c(C)c(F)c1F. The molecule has 0 saturated carbocycles. The third-order valence-electron chi connectivity index (χ3n) is 3.17. The van der Waals surface area contributed by atoms with Gasteiger partial charge in [-0.25, -0.2) is 26.3 Å². The first-order valence-electron chi connectivity index (χ1n) is 5.87. The zero-order chi connectivity index (χ0) is 15.9. The predicted octanol–water partition coefficient (Wildman–Crippen LogP) is 2.79. The van der Waals surface area contributed by atoms with E-state index in [2.05, 4.69) is 0 Å². The Morgan fingerprint density at radius 3 is 1.76 bits per heavy atom. The zero-order valence-corrected chi connectivity index (χ0v) is 11.0. The minimum atomic E-state index is -1.62. The fourth-order valence-corrected chi connectivity index (χ4v) is 1.86. The van der Waals surface area contributed by atoms with Crippen molar-refractivity contribution in [2.45, 2.75) is 13.8 Å². The van der Waals surface area contributed by atoms with Gasteiger partial charge < -0.3 is 0 Å². The van der Waals surface area contributed by atoms with Gasteiger partial charge in [0, 0.05) is 11.6 Å². The minimum absolute atomic E-state index is 0.100. The number of benzene rings is 2. The molecule has 21 heavy (non-hydrogen) atoms. The van der Waals surface area contributed by atoms with Crippen LogP contribution in [0.5, 0.6) is 0 Å². The molecule has 0 saturated heterocycles. The monoisotopic (exact) mass is 301 g/mol. The summed E-state index contributed by atoms with van der Waals surface area (Å²) in [5, 5.41) is 0. The van der Waals surface area contributed by atoms with Gasteiger partial charge in [0.25, 0.3) is 0 Å². The number of halogens is 6. The van der Waals surface area contributed by atoms with Gasteiger partial charge in [-0.15, -0.1) is 0 Å². The molecular formula is C14H8BF6. The van der Waals surface area contributed by atoms with Crippen molar-refractivity contribution in [1.29, 1.82) is 0 Å². The molecule has 7 heteroatoms. The molecule has 0 aliphatic carbocycles. The van der Waals surface area contributed by atoms with Gasteiger partial charge >= 0.3 is 0 Å². The molecule has 2 aromatic rings. The fraction of sp³-hybridized carbons (Fsp3) is 0.143. The molecule has 0 unspecified atom stereocenters. The second-order valence-corrected chi connectivity index (χ2v) is 4.54. The maximum Gasteiger partial charge on any atom is 0.200 e. The Kier molecular flexibility index (Phi) is 4.03. The summed E-state index contributed by atoms with van der Waals surface area (Å²) < 4.78 is 80.8. The summed E-state index contributed by atoms with van der Waals surface area (Å²) >= 11 is 0. The molecule has 0 amide bonds. The van der Waals surface area contributed by atoms with Gasteiger partial charge in [0.15, 0.2) is 30.5 Å². The summed E-state index contributed by atoms with van der Waals surface area (Å²) in [7, 11) is 0.664.